The molecule has 9 aromatic carbocycles. The molecule has 4 nitrogen and oxygen atoms in total. The van der Waals surface area contributed by atoms with Crippen LogP contribution in [0.3, 0.4) is 0 Å². The highest BCUT2D eigenvalue weighted by molar-refractivity contribution is 6.15. The second-order valence-corrected chi connectivity index (χ2v) is 17.8. The van der Waals surface area contributed by atoms with Crippen molar-refractivity contribution in [1.29, 1.82) is 0 Å². The Morgan fingerprint density at radius 3 is 1.62 bits per heavy atom. The van der Waals surface area contributed by atoms with Gasteiger partial charge in [-0.05, 0) is 88.5 Å². The van der Waals surface area contributed by atoms with E-state index in [0.717, 1.165) is 50.6 Å². The van der Waals surface area contributed by atoms with Crippen LogP contribution in [0, 0.1) is 0 Å². The number of rotatable bonds is 6. The van der Waals surface area contributed by atoms with Crippen molar-refractivity contribution in [1.82, 2.24) is 19.1 Å². The molecule has 4 heteroatoms. The highest BCUT2D eigenvalue weighted by atomic mass is 15.0. The van der Waals surface area contributed by atoms with Crippen LogP contribution in [-0.4, -0.2) is 19.1 Å². The predicted octanol–water partition coefficient (Wildman–Crippen LogP) is 15.6. The largest absolute Gasteiger partial charge is 0.309 e. The Hall–Kier alpha value is -8.34. The Bertz CT molecular complexity index is 3740. The Labute approximate surface area is 377 Å². The molecule has 3 aromatic heterocycles. The summed E-state index contributed by atoms with van der Waals surface area (Å²) in [5.41, 5.74) is 19.1. The Balaban J connectivity index is 1.09. The zero-order valence-electron chi connectivity index (χ0n) is 36.1. The minimum absolute atomic E-state index is 0.179. The Kier molecular flexibility index (Phi) is 8.22. The molecule has 0 bridgehead atoms. The lowest BCUT2D eigenvalue weighted by molar-refractivity contribution is 0.666. The average Bonchev–Trinajstić information content (AvgIpc) is 3.97. The molecular formula is C61H42N4. The first kappa shape index (κ1) is 37.2. The van der Waals surface area contributed by atoms with Crippen LogP contribution >= 0.6 is 0 Å². The van der Waals surface area contributed by atoms with Crippen LogP contribution in [0.5, 0.6) is 0 Å². The minimum Gasteiger partial charge on any atom is -0.309 e. The van der Waals surface area contributed by atoms with E-state index in [1.165, 1.54) is 65.9 Å². The topological polar surface area (TPSA) is 35.6 Å². The lowest BCUT2D eigenvalue weighted by Gasteiger charge is -2.23. The fourth-order valence-corrected chi connectivity index (χ4v) is 10.8. The first-order valence-electron chi connectivity index (χ1n) is 22.4. The lowest BCUT2D eigenvalue weighted by Crippen LogP contribution is -2.15. The summed E-state index contributed by atoms with van der Waals surface area (Å²) in [6, 6.07) is 78.8. The van der Waals surface area contributed by atoms with Gasteiger partial charge in [-0.15, -0.1) is 0 Å². The molecule has 0 saturated heterocycles. The van der Waals surface area contributed by atoms with Gasteiger partial charge in [0.2, 0.25) is 0 Å². The van der Waals surface area contributed by atoms with Crippen molar-refractivity contribution in [3.05, 3.63) is 230 Å². The summed E-state index contributed by atoms with van der Waals surface area (Å²) in [7, 11) is 0. The number of aromatic nitrogens is 4. The third-order valence-corrected chi connectivity index (χ3v) is 13.7. The van der Waals surface area contributed by atoms with Crippen LogP contribution in [0.15, 0.2) is 218 Å². The smallest absolute Gasteiger partial charge is 0.160 e. The zero-order valence-corrected chi connectivity index (χ0v) is 36.1. The number of hydrogen-bond donors (Lipinski definition) is 0. The van der Waals surface area contributed by atoms with Crippen molar-refractivity contribution < 1.29 is 0 Å². The van der Waals surface area contributed by atoms with Crippen molar-refractivity contribution in [2.75, 3.05) is 0 Å². The molecule has 13 rings (SSSR count). The summed E-state index contributed by atoms with van der Waals surface area (Å²) in [5.74, 6) is 0.677. The van der Waals surface area contributed by atoms with E-state index >= 15 is 0 Å². The molecule has 1 aliphatic rings. The highest BCUT2D eigenvalue weighted by Gasteiger charge is 2.38. The third-order valence-electron chi connectivity index (χ3n) is 13.7. The fourth-order valence-electron chi connectivity index (χ4n) is 10.8. The number of para-hydroxylation sites is 3. The number of hydrogen-bond acceptors (Lipinski definition) is 2. The second-order valence-electron chi connectivity index (χ2n) is 17.8. The van der Waals surface area contributed by atoms with Gasteiger partial charge in [-0.25, -0.2) is 9.97 Å². The molecule has 0 spiro atoms. The highest BCUT2D eigenvalue weighted by Crippen LogP contribution is 2.53. The van der Waals surface area contributed by atoms with E-state index in [2.05, 4.69) is 229 Å². The van der Waals surface area contributed by atoms with Gasteiger partial charge in [0.15, 0.2) is 5.82 Å². The summed E-state index contributed by atoms with van der Waals surface area (Å²) < 4.78 is 4.90. The quantitative estimate of drug-likeness (QED) is 0.167. The van der Waals surface area contributed by atoms with E-state index in [0.29, 0.717) is 5.82 Å². The van der Waals surface area contributed by atoms with Crippen LogP contribution in [0.1, 0.15) is 25.0 Å². The van der Waals surface area contributed by atoms with E-state index in [1.54, 1.807) is 0 Å². The minimum atomic E-state index is -0.179. The Morgan fingerprint density at radius 1 is 0.369 bits per heavy atom. The maximum absolute atomic E-state index is 5.31. The van der Waals surface area contributed by atoms with Crippen LogP contribution in [0.25, 0.3) is 111 Å². The van der Waals surface area contributed by atoms with Gasteiger partial charge in [0.05, 0.1) is 39.1 Å². The summed E-state index contributed by atoms with van der Waals surface area (Å²) >= 11 is 0. The maximum Gasteiger partial charge on any atom is 0.160 e. The molecule has 306 valence electrons. The first-order valence-corrected chi connectivity index (χ1v) is 22.4. The van der Waals surface area contributed by atoms with Crippen molar-refractivity contribution in [2.45, 2.75) is 19.3 Å². The van der Waals surface area contributed by atoms with Crippen molar-refractivity contribution in [3.8, 4) is 67.5 Å². The normalized spacial score (nSPS) is 12.9. The van der Waals surface area contributed by atoms with E-state index in [-0.39, 0.29) is 5.41 Å². The van der Waals surface area contributed by atoms with Gasteiger partial charge in [-0.3, -0.25) is 0 Å². The number of fused-ring (bicyclic) bond motifs is 10. The second kappa shape index (κ2) is 14.3. The average molecular weight is 831 g/mol. The third kappa shape index (κ3) is 5.70. The zero-order chi connectivity index (χ0) is 43.2. The van der Waals surface area contributed by atoms with Crippen molar-refractivity contribution in [2.24, 2.45) is 0 Å². The molecule has 0 amide bonds. The Morgan fingerprint density at radius 2 is 0.938 bits per heavy atom. The summed E-state index contributed by atoms with van der Waals surface area (Å²) in [6.07, 6.45) is 0. The molecule has 0 aliphatic heterocycles. The molecule has 3 heterocycles. The van der Waals surface area contributed by atoms with Gasteiger partial charge in [0, 0.05) is 54.9 Å². The van der Waals surface area contributed by atoms with E-state index in [9.17, 15) is 0 Å². The fraction of sp³-hybridized carbons (Fsp3) is 0.0492. The van der Waals surface area contributed by atoms with Gasteiger partial charge < -0.3 is 9.13 Å². The molecule has 0 radical (unpaired) electrons. The number of benzene rings is 9. The lowest BCUT2D eigenvalue weighted by atomic mass is 9.80. The molecule has 12 aromatic rings. The molecule has 65 heavy (non-hydrogen) atoms. The van der Waals surface area contributed by atoms with Gasteiger partial charge in [0.1, 0.15) is 0 Å². The summed E-state index contributed by atoms with van der Waals surface area (Å²) in [6.45, 7) is 4.77. The predicted molar refractivity (Wildman–Crippen MR) is 270 cm³/mol. The van der Waals surface area contributed by atoms with Gasteiger partial charge >= 0.3 is 0 Å². The summed E-state index contributed by atoms with van der Waals surface area (Å²) in [4.78, 5) is 10.6. The number of nitrogens with zero attached hydrogens (tertiary/aromatic N) is 4. The van der Waals surface area contributed by atoms with Crippen LogP contribution in [0.4, 0.5) is 0 Å². The van der Waals surface area contributed by atoms with Gasteiger partial charge in [-0.2, -0.15) is 0 Å². The molecule has 1 aliphatic carbocycles. The van der Waals surface area contributed by atoms with Crippen LogP contribution < -0.4 is 0 Å². The van der Waals surface area contributed by atoms with Crippen molar-refractivity contribution >= 4 is 43.6 Å². The molecule has 0 N–H and O–H groups in total. The van der Waals surface area contributed by atoms with Crippen LogP contribution in [-0.2, 0) is 5.41 Å². The maximum atomic E-state index is 5.31. The molecule has 0 saturated carbocycles. The van der Waals surface area contributed by atoms with Crippen molar-refractivity contribution in [3.63, 3.8) is 0 Å². The monoisotopic (exact) mass is 830 g/mol. The van der Waals surface area contributed by atoms with E-state index in [1.807, 2.05) is 12.1 Å². The first-order chi connectivity index (χ1) is 32.0. The summed E-state index contributed by atoms with van der Waals surface area (Å²) in [5, 5.41) is 5.04. The SMILES string of the molecule is CC1(C)c2ccccc2-c2ccc3c(c21)c1ccccc1n3-c1ccc(-c2nc(-c3ccccc3)cc(-c3ccccc3)n2)cc1-c1cccc(-n2c3ccccc3c3ccccc32)c1. The van der Waals surface area contributed by atoms with Gasteiger partial charge in [0.25, 0.3) is 0 Å². The van der Waals surface area contributed by atoms with Gasteiger partial charge in [-0.1, -0.05) is 172 Å². The van der Waals surface area contributed by atoms with Crippen LogP contribution in [0.2, 0.25) is 0 Å². The standard InChI is InChI=1S/C61H42N4/c1-61(2)50-28-13-9-24-44(50)47-33-35-57-58(59(47)61)48-27-12-16-31-55(48)65(57)56-34-32-42(60-62-51(39-18-5-3-6-19-39)38-52(63-60)40-20-7-4-8-21-40)37-49(56)41-22-17-23-43(36-41)64-53-29-14-10-25-45(53)46-26-11-15-30-54(46)64/h3-38H,1-2H3. The molecule has 0 unspecified atom stereocenters. The van der Waals surface area contributed by atoms with E-state index < -0.39 is 0 Å². The molecular weight excluding hydrogens is 789 g/mol. The van der Waals surface area contributed by atoms with E-state index in [4.69, 9.17) is 9.97 Å². The molecule has 0 atom stereocenters. The molecule has 0 fully saturated rings.